The van der Waals surface area contributed by atoms with Crippen molar-refractivity contribution in [2.75, 3.05) is 7.05 Å². The van der Waals surface area contributed by atoms with E-state index >= 15 is 0 Å². The third-order valence-corrected chi connectivity index (χ3v) is 14.4. The number of nitrogens with one attached hydrogen (secondary N) is 2. The van der Waals surface area contributed by atoms with E-state index in [0.717, 1.165) is 52.6 Å². The first-order chi connectivity index (χ1) is 30.1. The Morgan fingerprint density at radius 3 is 1.32 bits per heavy atom. The van der Waals surface area contributed by atoms with Gasteiger partial charge in [0.2, 0.25) is 0 Å². The Labute approximate surface area is 398 Å². The fraction of sp³-hybridized carbons (Fsp3) is 0.727. The molecule has 2 aromatic rings. The second-order valence-corrected chi connectivity index (χ2v) is 24.4. The van der Waals surface area contributed by atoms with E-state index in [1.165, 1.54) is 0 Å². The Kier molecular flexibility index (Phi) is 17.1. The molecule has 4 N–H and O–H groups in total. The van der Waals surface area contributed by atoms with Crippen LogP contribution in [0.1, 0.15) is 188 Å². The van der Waals surface area contributed by atoms with Crippen LogP contribution in [0, 0.1) is 33.1 Å². The van der Waals surface area contributed by atoms with E-state index in [4.69, 9.17) is 14.2 Å². The maximum absolute atomic E-state index is 14.4. The van der Waals surface area contributed by atoms with E-state index in [0.29, 0.717) is 57.1 Å². The number of unbranched alkanes of at least 4 members (excludes halogenated alkanes) is 1. The second-order valence-electron chi connectivity index (χ2n) is 24.4. The van der Waals surface area contributed by atoms with Crippen LogP contribution in [-0.4, -0.2) is 91.6 Å². The standard InChI is InChI=1S/C34H56N2O5.C21H33NO3/c1-12-13-14-34(17-24-15-22(2)27(37)23(3)16-24,28(38)40-25-18-30(4,5)35-31(6,7)19-25)29(39)41-26-20-32(8,9)36-33(10,11)21-26;1-14-10-16(11-15(2)19(14)24)8-9-18(23)25-17-12-20(3,4)22(7)21(5,6)13-17/h15-16,25-26,35-37H,12-14,17-21H2,1-11H3;10-11,17,24H,8-9,12-13H2,1-7H3. The van der Waals surface area contributed by atoms with Crippen molar-refractivity contribution in [3.05, 3.63) is 57.6 Å². The molecule has 66 heavy (non-hydrogen) atoms. The van der Waals surface area contributed by atoms with Gasteiger partial charge in [-0.25, -0.2) is 0 Å². The lowest BCUT2D eigenvalue weighted by atomic mass is 9.75. The first-order valence-electron chi connectivity index (χ1n) is 24.6. The van der Waals surface area contributed by atoms with Crippen LogP contribution in [0.3, 0.4) is 0 Å². The fourth-order valence-corrected chi connectivity index (χ4v) is 11.7. The van der Waals surface area contributed by atoms with Gasteiger partial charge in [0.05, 0.1) is 0 Å². The number of nitrogens with zero attached hydrogens (tertiary/aromatic N) is 1. The summed E-state index contributed by atoms with van der Waals surface area (Å²) in [7, 11) is 2.15. The van der Waals surface area contributed by atoms with Gasteiger partial charge in [-0.3, -0.25) is 19.3 Å². The second kappa shape index (κ2) is 20.5. The molecule has 0 amide bonds. The van der Waals surface area contributed by atoms with Gasteiger partial charge in [0.25, 0.3) is 0 Å². The van der Waals surface area contributed by atoms with Crippen molar-refractivity contribution in [1.82, 2.24) is 15.5 Å². The van der Waals surface area contributed by atoms with E-state index in [1.807, 2.05) is 52.0 Å². The van der Waals surface area contributed by atoms with Crippen LogP contribution >= 0.6 is 0 Å². The van der Waals surface area contributed by atoms with Gasteiger partial charge in [0.15, 0.2) is 5.41 Å². The summed E-state index contributed by atoms with van der Waals surface area (Å²) in [5.41, 5.74) is 2.71. The van der Waals surface area contributed by atoms with Crippen LogP contribution in [0.2, 0.25) is 0 Å². The van der Waals surface area contributed by atoms with Crippen molar-refractivity contribution in [2.45, 2.75) is 246 Å². The average molecular weight is 920 g/mol. The monoisotopic (exact) mass is 920 g/mol. The summed E-state index contributed by atoms with van der Waals surface area (Å²) in [4.78, 5) is 43.6. The van der Waals surface area contributed by atoms with Gasteiger partial charge < -0.3 is 35.1 Å². The van der Waals surface area contributed by atoms with E-state index in [-0.39, 0.29) is 69.7 Å². The third-order valence-electron chi connectivity index (χ3n) is 14.4. The van der Waals surface area contributed by atoms with Gasteiger partial charge in [-0.15, -0.1) is 0 Å². The van der Waals surface area contributed by atoms with Crippen LogP contribution in [-0.2, 0) is 41.4 Å². The third kappa shape index (κ3) is 14.4. The number of ether oxygens (including phenoxy) is 3. The largest absolute Gasteiger partial charge is 0.507 e. The van der Waals surface area contributed by atoms with Crippen molar-refractivity contribution in [2.24, 2.45) is 5.41 Å². The summed E-state index contributed by atoms with van der Waals surface area (Å²) < 4.78 is 18.5. The topological polar surface area (TPSA) is 147 Å². The highest BCUT2D eigenvalue weighted by atomic mass is 16.6. The lowest BCUT2D eigenvalue weighted by Crippen LogP contribution is -2.61. The molecule has 0 unspecified atom stereocenters. The van der Waals surface area contributed by atoms with Crippen molar-refractivity contribution >= 4 is 17.9 Å². The molecule has 3 saturated heterocycles. The molecule has 11 nitrogen and oxygen atoms in total. The van der Waals surface area contributed by atoms with Crippen LogP contribution in [0.15, 0.2) is 24.3 Å². The molecule has 0 atom stereocenters. The Balaban J connectivity index is 0.000000325. The summed E-state index contributed by atoms with van der Waals surface area (Å²) in [5.74, 6) is -0.557. The predicted octanol–water partition coefficient (Wildman–Crippen LogP) is 10.6. The van der Waals surface area contributed by atoms with Crippen LogP contribution in [0.5, 0.6) is 11.5 Å². The fourth-order valence-electron chi connectivity index (χ4n) is 11.7. The van der Waals surface area contributed by atoms with E-state index in [2.05, 4.69) is 113 Å². The van der Waals surface area contributed by atoms with Gasteiger partial charge in [-0.2, -0.15) is 0 Å². The molecule has 3 fully saturated rings. The Hall–Kier alpha value is -3.67. The summed E-state index contributed by atoms with van der Waals surface area (Å²) in [6.45, 7) is 35.3. The number of benzene rings is 2. The Morgan fingerprint density at radius 1 is 0.606 bits per heavy atom. The molecule has 3 heterocycles. The number of aromatic hydroxyl groups is 2. The zero-order valence-corrected chi connectivity index (χ0v) is 44.3. The lowest BCUT2D eigenvalue weighted by Gasteiger charge is -2.53. The number of piperidine rings is 3. The summed E-state index contributed by atoms with van der Waals surface area (Å²) >= 11 is 0. The Bertz CT molecular complexity index is 1900. The quantitative estimate of drug-likeness (QED) is 0.0865. The first-order valence-corrected chi connectivity index (χ1v) is 24.6. The van der Waals surface area contributed by atoms with E-state index in [1.54, 1.807) is 0 Å². The number of phenols is 2. The van der Waals surface area contributed by atoms with E-state index < -0.39 is 17.4 Å². The average Bonchev–Trinajstić information content (AvgIpc) is 3.13. The number of esters is 3. The molecule has 0 radical (unpaired) electrons. The molecule has 3 aliphatic rings. The molecular formula is C55H89N3O8. The highest BCUT2D eigenvalue weighted by molar-refractivity contribution is 6.00. The lowest BCUT2D eigenvalue weighted by molar-refractivity contribution is -0.184. The predicted molar refractivity (Wildman–Crippen MR) is 265 cm³/mol. The number of likely N-dealkylation sites (tertiary alicyclic amines) is 1. The molecule has 3 aliphatic heterocycles. The number of hydrogen-bond donors (Lipinski definition) is 4. The van der Waals surface area contributed by atoms with Crippen LogP contribution < -0.4 is 10.6 Å². The zero-order chi connectivity index (χ0) is 50.0. The zero-order valence-electron chi connectivity index (χ0n) is 44.3. The molecule has 0 aromatic heterocycles. The molecule has 0 bridgehead atoms. The minimum atomic E-state index is -1.48. The number of carbonyl (C=O) groups excluding carboxylic acids is 3. The summed E-state index contributed by atoms with van der Waals surface area (Å²) in [5, 5.41) is 27.6. The van der Waals surface area contributed by atoms with Crippen molar-refractivity contribution < 1.29 is 38.8 Å². The first kappa shape index (κ1) is 54.9. The molecule has 0 aliphatic carbocycles. The number of carbonyl (C=O) groups is 3. The van der Waals surface area contributed by atoms with Gasteiger partial charge in [0, 0.05) is 78.2 Å². The van der Waals surface area contributed by atoms with Gasteiger partial charge in [-0.05, 0) is 170 Å². The van der Waals surface area contributed by atoms with Crippen molar-refractivity contribution in [1.29, 1.82) is 0 Å². The number of rotatable bonds is 13. The molecule has 11 heteroatoms. The van der Waals surface area contributed by atoms with Crippen LogP contribution in [0.25, 0.3) is 0 Å². The minimum absolute atomic E-state index is 0.0118. The van der Waals surface area contributed by atoms with Gasteiger partial charge in [-0.1, -0.05) is 44.0 Å². The normalized spacial score (nSPS) is 21.5. The van der Waals surface area contributed by atoms with Gasteiger partial charge in [0.1, 0.15) is 29.8 Å². The molecule has 0 saturated carbocycles. The van der Waals surface area contributed by atoms with Crippen molar-refractivity contribution in [3.8, 4) is 11.5 Å². The number of aryl methyl sites for hydroxylation is 5. The van der Waals surface area contributed by atoms with E-state index in [9.17, 15) is 24.6 Å². The van der Waals surface area contributed by atoms with Crippen LogP contribution in [0.4, 0.5) is 0 Å². The van der Waals surface area contributed by atoms with Gasteiger partial charge >= 0.3 is 17.9 Å². The summed E-state index contributed by atoms with van der Waals surface area (Å²) in [6, 6.07) is 7.63. The molecule has 372 valence electrons. The maximum Gasteiger partial charge on any atom is 0.324 e. The summed E-state index contributed by atoms with van der Waals surface area (Å²) in [6.07, 6.45) is 6.74. The number of phenolic OH excluding ortho intramolecular Hbond substituents is 2. The Morgan fingerprint density at radius 2 is 0.955 bits per heavy atom. The minimum Gasteiger partial charge on any atom is -0.507 e. The highest BCUT2D eigenvalue weighted by Crippen LogP contribution is 2.41. The van der Waals surface area contributed by atoms with Crippen molar-refractivity contribution in [3.63, 3.8) is 0 Å². The maximum atomic E-state index is 14.4. The molecule has 5 rings (SSSR count). The smallest absolute Gasteiger partial charge is 0.324 e. The molecular weight excluding hydrogens is 831 g/mol. The SMILES string of the molecule is CCCCC(Cc1cc(C)c(O)c(C)c1)(C(=O)OC1CC(C)(C)NC(C)(C)C1)C(=O)OC1CC(C)(C)NC(C)(C)C1.Cc1cc(CCC(=O)OC2CC(C)(C)N(C)C(C)(C)C2)cc(C)c1O. The molecule has 2 aromatic carbocycles. The molecule has 0 spiro atoms. The highest BCUT2D eigenvalue weighted by Gasteiger charge is 2.52. The number of hydrogen-bond acceptors (Lipinski definition) is 11.